The quantitative estimate of drug-likeness (QED) is 0.428. The minimum absolute atomic E-state index is 0.344. The van der Waals surface area contributed by atoms with Crippen LogP contribution in [0, 0.1) is 0 Å². The van der Waals surface area contributed by atoms with E-state index in [4.69, 9.17) is 0 Å². The molecule has 0 aromatic carbocycles. The largest absolute Gasteiger partial charge is 0.320 e. The fraction of sp³-hybridized carbons (Fsp3) is 0. The van der Waals surface area contributed by atoms with Crippen LogP contribution in [0.1, 0.15) is 0 Å². The van der Waals surface area contributed by atoms with Gasteiger partial charge in [-0.3, -0.25) is 0 Å². The molecule has 1 heterocycles. The zero-order valence-electron chi connectivity index (χ0n) is 4.30. The van der Waals surface area contributed by atoms with E-state index in [1.165, 1.54) is 0 Å². The second-order valence-electron chi connectivity index (χ2n) is 1.33. The third kappa shape index (κ3) is 3.47. The van der Waals surface area contributed by atoms with Crippen LogP contribution in [0.3, 0.4) is 0 Å². The molecule has 1 saturated heterocycles. The van der Waals surface area contributed by atoms with Crippen molar-refractivity contribution in [3.8, 4) is 0 Å². The molecule has 0 saturated carbocycles. The van der Waals surface area contributed by atoms with Crippen LogP contribution in [0.4, 0.5) is 0 Å². The zero-order valence-corrected chi connectivity index (χ0v) is 9.43. The number of rotatable bonds is 0. The Morgan fingerprint density at radius 2 is 0.889 bits per heavy atom. The fourth-order valence-corrected chi connectivity index (χ4v) is 8.93. The first-order chi connectivity index (χ1) is 4.18. The minimum atomic E-state index is 0.344. The lowest BCUT2D eigenvalue weighted by molar-refractivity contribution is 4.26. The first-order valence-corrected chi connectivity index (χ1v) is 6.57. The van der Waals surface area contributed by atoms with Gasteiger partial charge in [0, 0.05) is 0 Å². The molecule has 9 heteroatoms. The number of hydrogen-bond donors (Lipinski definition) is 3. The van der Waals surface area contributed by atoms with Gasteiger partial charge in [-0.2, -0.15) is 0 Å². The highest BCUT2D eigenvalue weighted by Gasteiger charge is 2.31. The van der Waals surface area contributed by atoms with Crippen LogP contribution in [0.2, 0.25) is 0 Å². The highest BCUT2D eigenvalue weighted by molar-refractivity contribution is 9.10. The van der Waals surface area contributed by atoms with E-state index in [2.05, 4.69) is 37.4 Å². The standard InChI is InChI=1S/B3H3S6/c4-1-7-2(5)9-3(6)8-1/h4-6H. The molecule has 0 nitrogen and oxygen atoms in total. The smallest absolute Gasteiger partial charge is 0.208 e. The van der Waals surface area contributed by atoms with Gasteiger partial charge in [0.2, 0.25) is 0 Å². The second-order valence-corrected chi connectivity index (χ2v) is 9.51. The molecule has 0 radical (unpaired) electrons. The van der Waals surface area contributed by atoms with Gasteiger partial charge < -0.3 is 0 Å². The molecule has 0 amide bonds. The van der Waals surface area contributed by atoms with E-state index in [9.17, 15) is 0 Å². The maximum Gasteiger partial charge on any atom is 0.320 e. The van der Waals surface area contributed by atoms with Crippen molar-refractivity contribution in [1.82, 2.24) is 0 Å². The number of thiol groups is 3. The van der Waals surface area contributed by atoms with Crippen molar-refractivity contribution in [1.29, 1.82) is 0 Å². The van der Waals surface area contributed by atoms with E-state index in [1.807, 2.05) is 0 Å². The van der Waals surface area contributed by atoms with E-state index in [-0.39, 0.29) is 0 Å². The van der Waals surface area contributed by atoms with Gasteiger partial charge in [-0.15, -0.1) is 0 Å². The van der Waals surface area contributed by atoms with Crippen LogP contribution >= 0.6 is 71.8 Å². The summed E-state index contributed by atoms with van der Waals surface area (Å²) in [7, 11) is 0. The van der Waals surface area contributed by atoms with Crippen molar-refractivity contribution in [3.05, 3.63) is 0 Å². The highest BCUT2D eigenvalue weighted by Crippen LogP contribution is 2.43. The van der Waals surface area contributed by atoms with Gasteiger partial charge in [-0.05, 0) is 0 Å². The first-order valence-electron chi connectivity index (χ1n) is 2.19. The lowest BCUT2D eigenvalue weighted by Crippen LogP contribution is -2.16. The van der Waals surface area contributed by atoms with Crippen LogP contribution in [-0.2, 0) is 0 Å². The van der Waals surface area contributed by atoms with Crippen LogP contribution in [-0.4, -0.2) is 13.6 Å². The minimum Gasteiger partial charge on any atom is -0.208 e. The molecule has 9 heavy (non-hydrogen) atoms. The zero-order chi connectivity index (χ0) is 6.85. The molecule has 1 aliphatic heterocycles. The molecule has 0 spiro atoms. The molecule has 1 rings (SSSR count). The molecule has 0 unspecified atom stereocenters. The Balaban J connectivity index is 2.34. The molecule has 0 aromatic heterocycles. The molecule has 0 N–H and O–H groups in total. The van der Waals surface area contributed by atoms with E-state index < -0.39 is 0 Å². The van der Waals surface area contributed by atoms with Gasteiger partial charge in [0.05, 0.1) is 0 Å². The van der Waals surface area contributed by atoms with Gasteiger partial charge in [0.1, 0.15) is 0 Å². The van der Waals surface area contributed by atoms with Crippen LogP contribution in [0.5, 0.6) is 0 Å². The monoisotopic (exact) mass is 228 g/mol. The van der Waals surface area contributed by atoms with Crippen molar-refractivity contribution in [3.63, 3.8) is 0 Å². The predicted octanol–water partition coefficient (Wildman–Crippen LogP) is 1.94. The molecule has 0 atom stereocenters. The SMILES string of the molecule is SB1SB(S)SB(S)S1. The van der Waals surface area contributed by atoms with E-state index in [0.717, 1.165) is 0 Å². The van der Waals surface area contributed by atoms with Crippen molar-refractivity contribution < 1.29 is 0 Å². The van der Waals surface area contributed by atoms with Gasteiger partial charge in [0.25, 0.3) is 0 Å². The van der Waals surface area contributed by atoms with Crippen molar-refractivity contribution in [2.75, 3.05) is 0 Å². The van der Waals surface area contributed by atoms with Crippen LogP contribution in [0.25, 0.3) is 0 Å². The average Bonchev–Trinajstić information content (AvgIpc) is 1.59. The van der Waals surface area contributed by atoms with Crippen molar-refractivity contribution >= 4 is 85.5 Å². The molecule has 0 aliphatic carbocycles. The Labute approximate surface area is 84.8 Å². The molecular weight excluding hydrogens is 225 g/mol. The fourth-order valence-electron chi connectivity index (χ4n) is 0.395. The van der Waals surface area contributed by atoms with Gasteiger partial charge in [0.15, 0.2) is 0 Å². The molecule has 0 aromatic rings. The van der Waals surface area contributed by atoms with E-state index >= 15 is 0 Å². The molecule has 0 bridgehead atoms. The summed E-state index contributed by atoms with van der Waals surface area (Å²) in [6, 6.07) is 0. The lowest BCUT2D eigenvalue weighted by Gasteiger charge is -2.19. The lowest BCUT2D eigenvalue weighted by atomic mass is 10.6. The Kier molecular flexibility index (Phi) is 4.54. The van der Waals surface area contributed by atoms with Crippen molar-refractivity contribution in [2.24, 2.45) is 0 Å². The Morgan fingerprint density at radius 3 is 1.11 bits per heavy atom. The summed E-state index contributed by atoms with van der Waals surface area (Å²) in [5.41, 5.74) is 0. The van der Waals surface area contributed by atoms with Crippen LogP contribution in [0.15, 0.2) is 0 Å². The molecule has 1 aliphatic rings. The summed E-state index contributed by atoms with van der Waals surface area (Å²) in [4.78, 5) is 0. The summed E-state index contributed by atoms with van der Waals surface area (Å²) in [5.74, 6) is 0. The Hall–Kier alpha value is 2.29. The van der Waals surface area contributed by atoms with E-state index in [0.29, 0.717) is 13.6 Å². The Morgan fingerprint density at radius 1 is 0.667 bits per heavy atom. The van der Waals surface area contributed by atoms with Crippen LogP contribution < -0.4 is 0 Å². The van der Waals surface area contributed by atoms with E-state index in [1.54, 1.807) is 34.4 Å². The molecule has 1 fully saturated rings. The summed E-state index contributed by atoms with van der Waals surface area (Å²) in [5, 5.41) is 0. The van der Waals surface area contributed by atoms with Gasteiger partial charge >= 0.3 is 13.6 Å². The maximum absolute atomic E-state index is 4.29. The summed E-state index contributed by atoms with van der Waals surface area (Å²) < 4.78 is 1.03. The molecular formula is H3B3S6. The number of hydrogen-bond acceptors (Lipinski definition) is 6. The predicted molar refractivity (Wildman–Crippen MR) is 67.0 cm³/mol. The molecule has 48 valence electrons. The average molecular weight is 228 g/mol. The first kappa shape index (κ1) is 9.38. The maximum atomic E-state index is 4.29. The van der Waals surface area contributed by atoms with Gasteiger partial charge in [-0.1, -0.05) is 0 Å². The van der Waals surface area contributed by atoms with Gasteiger partial charge in [-0.25, -0.2) is 71.8 Å². The normalized spacial score (nSPS) is 21.0. The van der Waals surface area contributed by atoms with Crippen molar-refractivity contribution in [2.45, 2.75) is 0 Å². The third-order valence-corrected chi connectivity index (χ3v) is 6.29. The summed E-state index contributed by atoms with van der Waals surface area (Å²) in [6.07, 6.45) is 0. The Bertz CT molecular complexity index is 69.3. The summed E-state index contributed by atoms with van der Waals surface area (Å²) in [6.45, 7) is 0. The summed E-state index contributed by atoms with van der Waals surface area (Å²) >= 11 is 18.1. The third-order valence-electron chi connectivity index (χ3n) is 0.698. The highest BCUT2D eigenvalue weighted by atomic mass is 32.3. The topological polar surface area (TPSA) is 0 Å². The second kappa shape index (κ2) is 4.35.